The Labute approximate surface area is 81.2 Å². The molecule has 0 aliphatic carbocycles. The molecule has 2 aromatic rings. The van der Waals surface area contributed by atoms with Gasteiger partial charge in [0.1, 0.15) is 5.76 Å². The summed E-state index contributed by atoms with van der Waals surface area (Å²) < 4.78 is 5.13. The van der Waals surface area contributed by atoms with Gasteiger partial charge in [-0.05, 0) is 18.2 Å². The van der Waals surface area contributed by atoms with Crippen molar-refractivity contribution < 1.29 is 9.52 Å². The molecule has 0 fully saturated rings. The van der Waals surface area contributed by atoms with Gasteiger partial charge in [0.05, 0.1) is 18.6 Å². The molecule has 0 saturated carbocycles. The van der Waals surface area contributed by atoms with Gasteiger partial charge in [0.25, 0.3) is 0 Å². The second kappa shape index (κ2) is 4.02. The zero-order valence-corrected chi connectivity index (χ0v) is 7.50. The van der Waals surface area contributed by atoms with Gasteiger partial charge >= 0.3 is 0 Å². The molecular formula is C10H10N2O2. The van der Waals surface area contributed by atoms with E-state index in [1.165, 1.54) is 0 Å². The van der Waals surface area contributed by atoms with Crippen molar-refractivity contribution >= 4 is 0 Å². The molecule has 2 aromatic heterocycles. The molecule has 1 unspecified atom stereocenters. The van der Waals surface area contributed by atoms with E-state index in [0.717, 1.165) is 11.3 Å². The number of aliphatic hydroxyl groups is 1. The highest BCUT2D eigenvalue weighted by atomic mass is 16.3. The lowest BCUT2D eigenvalue weighted by Crippen LogP contribution is -2.01. The molecule has 2 heterocycles. The highest BCUT2D eigenvalue weighted by molar-refractivity contribution is 5.12. The van der Waals surface area contributed by atoms with Crippen molar-refractivity contribution in [3.8, 4) is 0 Å². The van der Waals surface area contributed by atoms with Crippen molar-refractivity contribution in [3.05, 3.63) is 48.2 Å². The molecule has 2 rings (SSSR count). The van der Waals surface area contributed by atoms with E-state index in [1.807, 2.05) is 6.07 Å². The highest BCUT2D eigenvalue weighted by Gasteiger charge is 2.09. The Kier molecular flexibility index (Phi) is 2.55. The third-order valence-electron chi connectivity index (χ3n) is 1.97. The van der Waals surface area contributed by atoms with Crippen molar-refractivity contribution in [1.82, 2.24) is 10.2 Å². The van der Waals surface area contributed by atoms with Gasteiger partial charge in [0.2, 0.25) is 0 Å². The van der Waals surface area contributed by atoms with Crippen LogP contribution in [0.25, 0.3) is 0 Å². The van der Waals surface area contributed by atoms with Crippen molar-refractivity contribution in [2.45, 2.75) is 12.5 Å². The molecule has 4 heteroatoms. The monoisotopic (exact) mass is 190 g/mol. The fraction of sp³-hybridized carbons (Fsp3) is 0.200. The van der Waals surface area contributed by atoms with Crippen molar-refractivity contribution in [2.75, 3.05) is 0 Å². The van der Waals surface area contributed by atoms with Crippen LogP contribution in [0.2, 0.25) is 0 Å². The first-order valence-corrected chi connectivity index (χ1v) is 4.33. The van der Waals surface area contributed by atoms with Crippen LogP contribution in [0.1, 0.15) is 17.4 Å². The molecule has 0 radical (unpaired) electrons. The van der Waals surface area contributed by atoms with E-state index >= 15 is 0 Å². The Morgan fingerprint density at radius 2 is 2.29 bits per heavy atom. The maximum absolute atomic E-state index is 9.76. The molecule has 0 aromatic carbocycles. The minimum absolute atomic E-state index is 0.457. The van der Waals surface area contributed by atoms with Gasteiger partial charge in [0.15, 0.2) is 0 Å². The largest absolute Gasteiger partial charge is 0.469 e. The van der Waals surface area contributed by atoms with Gasteiger partial charge in [0, 0.05) is 18.2 Å². The van der Waals surface area contributed by atoms with Crippen LogP contribution in [0.3, 0.4) is 0 Å². The van der Waals surface area contributed by atoms with Gasteiger partial charge in [-0.3, -0.25) is 0 Å². The topological polar surface area (TPSA) is 59.2 Å². The molecule has 0 spiro atoms. The molecule has 0 aliphatic rings. The molecule has 14 heavy (non-hydrogen) atoms. The summed E-state index contributed by atoms with van der Waals surface area (Å²) >= 11 is 0. The fourth-order valence-electron chi connectivity index (χ4n) is 1.24. The second-order valence-corrected chi connectivity index (χ2v) is 2.98. The van der Waals surface area contributed by atoms with Gasteiger partial charge in [-0.25, -0.2) is 0 Å². The molecule has 1 N–H and O–H groups in total. The summed E-state index contributed by atoms with van der Waals surface area (Å²) in [7, 11) is 0. The number of aromatic nitrogens is 2. The van der Waals surface area contributed by atoms with Crippen LogP contribution < -0.4 is 0 Å². The van der Waals surface area contributed by atoms with Crippen molar-refractivity contribution in [2.24, 2.45) is 0 Å². The molecule has 72 valence electrons. The predicted octanol–water partition coefficient (Wildman–Crippen LogP) is 1.35. The number of nitrogens with zero attached hydrogens (tertiary/aromatic N) is 2. The Hall–Kier alpha value is -1.68. The first kappa shape index (κ1) is 8.90. The van der Waals surface area contributed by atoms with Crippen molar-refractivity contribution in [3.63, 3.8) is 0 Å². The molecule has 0 bridgehead atoms. The van der Waals surface area contributed by atoms with Gasteiger partial charge < -0.3 is 9.52 Å². The average Bonchev–Trinajstić information content (AvgIpc) is 2.72. The summed E-state index contributed by atoms with van der Waals surface area (Å²) in [4.78, 5) is 0. The van der Waals surface area contributed by atoms with E-state index in [9.17, 15) is 5.11 Å². The number of hydrogen-bond acceptors (Lipinski definition) is 4. The lowest BCUT2D eigenvalue weighted by atomic mass is 10.1. The lowest BCUT2D eigenvalue weighted by molar-refractivity contribution is 0.170. The third-order valence-corrected chi connectivity index (χ3v) is 1.97. The molecule has 0 saturated heterocycles. The minimum Gasteiger partial charge on any atom is -0.469 e. The zero-order chi connectivity index (χ0) is 9.80. The Bertz CT molecular complexity index is 372. The van der Waals surface area contributed by atoms with Crippen LogP contribution in [-0.2, 0) is 6.42 Å². The lowest BCUT2D eigenvalue weighted by Gasteiger charge is -2.07. The zero-order valence-electron chi connectivity index (χ0n) is 7.50. The van der Waals surface area contributed by atoms with E-state index < -0.39 is 6.10 Å². The van der Waals surface area contributed by atoms with Crippen LogP contribution in [0, 0.1) is 0 Å². The number of furan rings is 1. The summed E-state index contributed by atoms with van der Waals surface area (Å²) in [6.07, 6.45) is 4.57. The Morgan fingerprint density at radius 1 is 1.36 bits per heavy atom. The van der Waals surface area contributed by atoms with E-state index in [0.29, 0.717) is 6.42 Å². The van der Waals surface area contributed by atoms with Crippen LogP contribution in [0.5, 0.6) is 0 Å². The summed E-state index contributed by atoms with van der Waals surface area (Å²) in [6, 6.07) is 5.37. The first-order valence-electron chi connectivity index (χ1n) is 4.33. The first-order chi connectivity index (χ1) is 6.86. The standard InChI is InChI=1S/C10H10N2O2/c13-10(6-9-2-1-5-14-9)8-3-4-11-12-7-8/h1-5,7,10,13H,6H2. The van der Waals surface area contributed by atoms with Crippen molar-refractivity contribution in [1.29, 1.82) is 0 Å². The van der Waals surface area contributed by atoms with E-state index in [-0.39, 0.29) is 0 Å². The maximum Gasteiger partial charge on any atom is 0.106 e. The molecule has 0 aliphatic heterocycles. The fourth-order valence-corrected chi connectivity index (χ4v) is 1.24. The Balaban J connectivity index is 2.07. The molecule has 1 atom stereocenters. The predicted molar refractivity (Wildman–Crippen MR) is 49.4 cm³/mol. The molecule has 0 amide bonds. The quantitative estimate of drug-likeness (QED) is 0.793. The van der Waals surface area contributed by atoms with E-state index in [2.05, 4.69) is 10.2 Å². The van der Waals surface area contributed by atoms with Crippen LogP contribution >= 0.6 is 0 Å². The number of aliphatic hydroxyl groups excluding tert-OH is 1. The number of rotatable bonds is 3. The normalized spacial score (nSPS) is 12.6. The van der Waals surface area contributed by atoms with E-state index in [1.54, 1.807) is 30.8 Å². The highest BCUT2D eigenvalue weighted by Crippen LogP contribution is 2.16. The Morgan fingerprint density at radius 3 is 2.93 bits per heavy atom. The van der Waals surface area contributed by atoms with Crippen LogP contribution in [0.4, 0.5) is 0 Å². The second-order valence-electron chi connectivity index (χ2n) is 2.98. The maximum atomic E-state index is 9.76. The minimum atomic E-state index is -0.586. The van der Waals surface area contributed by atoms with E-state index in [4.69, 9.17) is 4.42 Å². The van der Waals surface area contributed by atoms with Crippen LogP contribution in [0.15, 0.2) is 41.3 Å². The summed E-state index contributed by atoms with van der Waals surface area (Å²) in [5.74, 6) is 0.759. The van der Waals surface area contributed by atoms with Gasteiger partial charge in [-0.2, -0.15) is 10.2 Å². The summed E-state index contributed by atoms with van der Waals surface area (Å²) in [5.41, 5.74) is 0.747. The smallest absolute Gasteiger partial charge is 0.106 e. The summed E-state index contributed by atoms with van der Waals surface area (Å²) in [6.45, 7) is 0. The molecular weight excluding hydrogens is 180 g/mol. The molecule has 4 nitrogen and oxygen atoms in total. The van der Waals surface area contributed by atoms with Gasteiger partial charge in [-0.1, -0.05) is 0 Å². The SMILES string of the molecule is OC(Cc1ccco1)c1ccnnc1. The average molecular weight is 190 g/mol. The van der Waals surface area contributed by atoms with Gasteiger partial charge in [-0.15, -0.1) is 0 Å². The summed E-state index contributed by atoms with van der Waals surface area (Å²) in [5, 5.41) is 17.1. The number of hydrogen-bond donors (Lipinski definition) is 1. The third kappa shape index (κ3) is 1.97. The van der Waals surface area contributed by atoms with Crippen LogP contribution in [-0.4, -0.2) is 15.3 Å².